The summed E-state index contributed by atoms with van der Waals surface area (Å²) in [7, 11) is 3.22. The Labute approximate surface area is 124 Å². The van der Waals surface area contributed by atoms with Gasteiger partial charge in [0.25, 0.3) is 0 Å². The van der Waals surface area contributed by atoms with Crippen molar-refractivity contribution in [3.8, 4) is 17.4 Å². The maximum atomic E-state index is 5.95. The molecule has 3 rings (SSSR count). The maximum absolute atomic E-state index is 5.95. The van der Waals surface area contributed by atoms with E-state index in [0.717, 1.165) is 23.9 Å². The first-order valence-electron chi connectivity index (χ1n) is 7.35. The predicted molar refractivity (Wildman–Crippen MR) is 80.1 cm³/mol. The van der Waals surface area contributed by atoms with Gasteiger partial charge in [-0.3, -0.25) is 0 Å². The van der Waals surface area contributed by atoms with Crippen molar-refractivity contribution in [2.45, 2.75) is 38.2 Å². The molecule has 5 nitrogen and oxygen atoms in total. The van der Waals surface area contributed by atoms with Crippen molar-refractivity contribution in [1.29, 1.82) is 0 Å². The van der Waals surface area contributed by atoms with Crippen LogP contribution >= 0.6 is 0 Å². The molecule has 2 aromatic rings. The molecule has 5 heteroatoms. The number of fused-ring (bicyclic) bond motifs is 1. The van der Waals surface area contributed by atoms with Gasteiger partial charge in [-0.05, 0) is 25.7 Å². The largest absolute Gasteiger partial charge is 0.493 e. The lowest BCUT2D eigenvalue weighted by atomic mass is 9.98. The smallest absolute Gasteiger partial charge is 0.233 e. The number of methoxy groups -OCH3 is 2. The van der Waals surface area contributed by atoms with E-state index in [1.54, 1.807) is 20.4 Å². The molecule has 0 spiro atoms. The van der Waals surface area contributed by atoms with Crippen molar-refractivity contribution in [1.82, 2.24) is 9.97 Å². The highest BCUT2D eigenvalue weighted by atomic mass is 16.5. The molecule has 1 heterocycles. The van der Waals surface area contributed by atoms with E-state index in [0.29, 0.717) is 17.4 Å². The van der Waals surface area contributed by atoms with Crippen molar-refractivity contribution in [2.24, 2.45) is 0 Å². The molecule has 1 aromatic heterocycles. The minimum absolute atomic E-state index is 0.269. The second-order valence-corrected chi connectivity index (χ2v) is 5.28. The van der Waals surface area contributed by atoms with Crippen LogP contribution in [0.2, 0.25) is 0 Å². The molecule has 1 saturated carbocycles. The van der Waals surface area contributed by atoms with Gasteiger partial charge in [-0.15, -0.1) is 0 Å². The van der Waals surface area contributed by atoms with E-state index in [1.807, 2.05) is 12.1 Å². The van der Waals surface area contributed by atoms with Crippen LogP contribution in [0.1, 0.15) is 32.1 Å². The van der Waals surface area contributed by atoms with E-state index in [2.05, 4.69) is 9.97 Å². The molecule has 0 unspecified atom stereocenters. The number of ether oxygens (including phenoxy) is 3. The molecule has 1 aromatic carbocycles. The second-order valence-electron chi connectivity index (χ2n) is 5.28. The van der Waals surface area contributed by atoms with Gasteiger partial charge in [-0.25, -0.2) is 9.97 Å². The van der Waals surface area contributed by atoms with Crippen molar-refractivity contribution < 1.29 is 14.2 Å². The first kappa shape index (κ1) is 13.9. The Morgan fingerprint density at radius 2 is 1.62 bits per heavy atom. The third-order valence-electron chi connectivity index (χ3n) is 3.87. The first-order valence-corrected chi connectivity index (χ1v) is 7.35. The van der Waals surface area contributed by atoms with Crippen LogP contribution < -0.4 is 14.2 Å². The van der Waals surface area contributed by atoms with Gasteiger partial charge in [0.05, 0.1) is 31.4 Å². The Balaban J connectivity index is 1.88. The van der Waals surface area contributed by atoms with Crippen molar-refractivity contribution in [3.63, 3.8) is 0 Å². The summed E-state index contributed by atoms with van der Waals surface area (Å²) < 4.78 is 16.5. The predicted octanol–water partition coefficient (Wildman–Crippen LogP) is 3.36. The van der Waals surface area contributed by atoms with Gasteiger partial charge in [-0.2, -0.15) is 0 Å². The normalized spacial score (nSPS) is 15.9. The van der Waals surface area contributed by atoms with Crippen LogP contribution in [-0.2, 0) is 0 Å². The van der Waals surface area contributed by atoms with Crippen LogP contribution in [0.4, 0.5) is 0 Å². The molecular weight excluding hydrogens is 268 g/mol. The third kappa shape index (κ3) is 3.01. The van der Waals surface area contributed by atoms with Gasteiger partial charge in [0.2, 0.25) is 5.88 Å². The van der Waals surface area contributed by atoms with E-state index < -0.39 is 0 Å². The zero-order chi connectivity index (χ0) is 14.7. The minimum Gasteiger partial charge on any atom is -0.493 e. The fraction of sp³-hybridized carbons (Fsp3) is 0.500. The summed E-state index contributed by atoms with van der Waals surface area (Å²) in [6.45, 7) is 0. The Hall–Kier alpha value is -2.04. The number of hydrogen-bond donors (Lipinski definition) is 0. The average molecular weight is 288 g/mol. The molecule has 0 bridgehead atoms. The van der Waals surface area contributed by atoms with Gasteiger partial charge in [-0.1, -0.05) is 6.42 Å². The fourth-order valence-electron chi connectivity index (χ4n) is 2.73. The number of benzene rings is 1. The van der Waals surface area contributed by atoms with E-state index in [9.17, 15) is 0 Å². The molecule has 1 aliphatic carbocycles. The Bertz CT molecular complexity index is 624. The second kappa shape index (κ2) is 6.16. The van der Waals surface area contributed by atoms with Crippen LogP contribution in [0.15, 0.2) is 18.3 Å². The minimum atomic E-state index is 0.269. The summed E-state index contributed by atoms with van der Waals surface area (Å²) in [4.78, 5) is 8.94. The van der Waals surface area contributed by atoms with Crippen molar-refractivity contribution in [3.05, 3.63) is 18.3 Å². The molecule has 21 heavy (non-hydrogen) atoms. The monoisotopic (exact) mass is 288 g/mol. The molecule has 112 valence electrons. The highest BCUT2D eigenvalue weighted by Crippen LogP contribution is 2.31. The van der Waals surface area contributed by atoms with Gasteiger partial charge in [0, 0.05) is 12.1 Å². The third-order valence-corrected chi connectivity index (χ3v) is 3.87. The Morgan fingerprint density at radius 1 is 0.952 bits per heavy atom. The SMILES string of the molecule is COc1cc2ncc(OC3CCCCC3)nc2cc1OC. The molecule has 1 aliphatic rings. The summed E-state index contributed by atoms with van der Waals surface area (Å²) in [6.07, 6.45) is 7.93. The highest BCUT2D eigenvalue weighted by molar-refractivity contribution is 5.79. The van der Waals surface area contributed by atoms with E-state index >= 15 is 0 Å². The van der Waals surface area contributed by atoms with Gasteiger partial charge in [0.1, 0.15) is 6.10 Å². The Morgan fingerprint density at radius 3 is 2.29 bits per heavy atom. The standard InChI is InChI=1S/C16H20N2O3/c1-19-14-8-12-13(9-15(14)20-2)18-16(10-17-12)21-11-6-4-3-5-7-11/h8-11H,3-7H2,1-2H3. The van der Waals surface area contributed by atoms with Gasteiger partial charge >= 0.3 is 0 Å². The number of rotatable bonds is 4. The lowest BCUT2D eigenvalue weighted by molar-refractivity contribution is 0.148. The first-order chi connectivity index (χ1) is 10.3. The average Bonchev–Trinajstić information content (AvgIpc) is 2.54. The lowest BCUT2D eigenvalue weighted by Gasteiger charge is -2.22. The summed E-state index contributed by atoms with van der Waals surface area (Å²) in [5, 5.41) is 0. The van der Waals surface area contributed by atoms with Gasteiger partial charge in [0.15, 0.2) is 11.5 Å². The van der Waals surface area contributed by atoms with Crippen LogP contribution in [0.3, 0.4) is 0 Å². The van der Waals surface area contributed by atoms with Crippen molar-refractivity contribution >= 4 is 11.0 Å². The molecular formula is C16H20N2O3. The number of nitrogens with zero attached hydrogens (tertiary/aromatic N) is 2. The van der Waals surface area contributed by atoms with Crippen LogP contribution in [0.25, 0.3) is 11.0 Å². The molecule has 0 saturated heterocycles. The summed E-state index contributed by atoms with van der Waals surface area (Å²) >= 11 is 0. The zero-order valence-electron chi connectivity index (χ0n) is 12.5. The molecule has 0 radical (unpaired) electrons. The zero-order valence-corrected chi connectivity index (χ0v) is 12.5. The fourth-order valence-corrected chi connectivity index (χ4v) is 2.73. The maximum Gasteiger partial charge on any atom is 0.233 e. The van der Waals surface area contributed by atoms with Crippen molar-refractivity contribution in [2.75, 3.05) is 14.2 Å². The van der Waals surface area contributed by atoms with Crippen LogP contribution in [-0.4, -0.2) is 30.3 Å². The number of hydrogen-bond acceptors (Lipinski definition) is 5. The summed E-state index contributed by atoms with van der Waals surface area (Å²) in [5.41, 5.74) is 1.52. The topological polar surface area (TPSA) is 53.5 Å². The van der Waals surface area contributed by atoms with Crippen LogP contribution in [0, 0.1) is 0 Å². The number of aromatic nitrogens is 2. The molecule has 0 amide bonds. The van der Waals surface area contributed by atoms with Crippen LogP contribution in [0.5, 0.6) is 17.4 Å². The van der Waals surface area contributed by atoms with E-state index in [4.69, 9.17) is 14.2 Å². The molecule has 0 atom stereocenters. The molecule has 0 N–H and O–H groups in total. The quantitative estimate of drug-likeness (QED) is 0.863. The molecule has 1 fully saturated rings. The highest BCUT2D eigenvalue weighted by Gasteiger charge is 2.16. The Kier molecular flexibility index (Phi) is 4.08. The lowest BCUT2D eigenvalue weighted by Crippen LogP contribution is -2.20. The summed E-state index contributed by atoms with van der Waals surface area (Å²) in [5.74, 6) is 1.89. The molecule has 0 aliphatic heterocycles. The van der Waals surface area contributed by atoms with E-state index in [1.165, 1.54) is 19.3 Å². The van der Waals surface area contributed by atoms with Gasteiger partial charge < -0.3 is 14.2 Å². The summed E-state index contributed by atoms with van der Waals surface area (Å²) in [6, 6.07) is 3.65. The van der Waals surface area contributed by atoms with E-state index in [-0.39, 0.29) is 6.10 Å².